The summed E-state index contributed by atoms with van der Waals surface area (Å²) in [4.78, 5) is 16.7. The number of pyridine rings is 1. The molecule has 0 aliphatic rings. The Kier molecular flexibility index (Phi) is 6.82. The average Bonchev–Trinajstić information content (AvgIpc) is 3.26. The summed E-state index contributed by atoms with van der Waals surface area (Å²) < 4.78 is 22.7. The number of hydrogen-bond donors (Lipinski definition) is 1. The van der Waals surface area contributed by atoms with Crippen LogP contribution in [0.4, 0.5) is 5.82 Å². The highest BCUT2D eigenvalue weighted by Gasteiger charge is 2.18. The number of furan rings is 1. The molecule has 0 saturated heterocycles. The van der Waals surface area contributed by atoms with Crippen molar-refractivity contribution < 1.29 is 23.4 Å². The summed E-state index contributed by atoms with van der Waals surface area (Å²) in [5.74, 6) is 2.24. The van der Waals surface area contributed by atoms with Gasteiger partial charge < -0.3 is 23.9 Å². The first-order valence-electron chi connectivity index (χ1n) is 10.8. The second-order valence-corrected chi connectivity index (χ2v) is 7.52. The molecular weight excluding hydrogens is 432 g/mol. The van der Waals surface area contributed by atoms with Crippen molar-refractivity contribution in [3.05, 3.63) is 72.6 Å². The number of nitrogens with one attached hydrogen (secondary N) is 1. The van der Waals surface area contributed by atoms with Crippen molar-refractivity contribution in [3.8, 4) is 28.4 Å². The zero-order chi connectivity index (χ0) is 24.1. The molecule has 0 saturated carbocycles. The first-order chi connectivity index (χ1) is 16.5. The number of methoxy groups -OCH3 is 2. The second-order valence-electron chi connectivity index (χ2n) is 7.52. The summed E-state index contributed by atoms with van der Waals surface area (Å²) >= 11 is 0. The molecule has 0 radical (unpaired) electrons. The number of rotatable bonds is 8. The van der Waals surface area contributed by atoms with Crippen LogP contribution in [0.15, 0.2) is 71.5 Å². The third-order valence-corrected chi connectivity index (χ3v) is 5.36. The van der Waals surface area contributed by atoms with Crippen LogP contribution in [0.3, 0.4) is 0 Å². The molecule has 1 amide bonds. The lowest BCUT2D eigenvalue weighted by Crippen LogP contribution is -2.09. The minimum atomic E-state index is -0.277. The maximum Gasteiger partial charge on any atom is 0.249 e. The van der Waals surface area contributed by atoms with Crippen LogP contribution in [-0.4, -0.2) is 31.7 Å². The largest absolute Gasteiger partial charge is 0.497 e. The number of benzene rings is 2. The van der Waals surface area contributed by atoms with E-state index in [1.165, 1.54) is 6.08 Å². The van der Waals surface area contributed by atoms with E-state index in [0.717, 1.165) is 27.6 Å². The van der Waals surface area contributed by atoms with E-state index in [2.05, 4.69) is 10.3 Å². The van der Waals surface area contributed by atoms with Gasteiger partial charge in [0.1, 0.15) is 28.6 Å². The minimum Gasteiger partial charge on any atom is -0.497 e. The number of anilines is 1. The SMILES string of the molecule is CCOc1cc2occ(-c3cc(OC)ccc3OC)c2cc1/C(C)=C/C(=O)Nc1ccccn1. The molecule has 2 heterocycles. The molecule has 0 unspecified atom stereocenters. The molecule has 174 valence electrons. The van der Waals surface area contributed by atoms with Crippen molar-refractivity contribution in [1.29, 1.82) is 0 Å². The van der Waals surface area contributed by atoms with Gasteiger partial charge in [0.2, 0.25) is 5.91 Å². The predicted octanol–water partition coefficient (Wildman–Crippen LogP) is 5.95. The van der Waals surface area contributed by atoms with Gasteiger partial charge in [0.25, 0.3) is 0 Å². The lowest BCUT2D eigenvalue weighted by Gasteiger charge is -2.13. The van der Waals surface area contributed by atoms with Gasteiger partial charge in [-0.05, 0) is 55.8 Å². The summed E-state index contributed by atoms with van der Waals surface area (Å²) in [7, 11) is 3.25. The number of carbonyl (C=O) groups excluding carboxylic acids is 1. The van der Waals surface area contributed by atoms with Crippen molar-refractivity contribution in [1.82, 2.24) is 4.98 Å². The van der Waals surface area contributed by atoms with E-state index >= 15 is 0 Å². The van der Waals surface area contributed by atoms with Crippen molar-refractivity contribution in [2.45, 2.75) is 13.8 Å². The monoisotopic (exact) mass is 458 g/mol. The molecule has 0 atom stereocenters. The van der Waals surface area contributed by atoms with Crippen molar-refractivity contribution in [2.75, 3.05) is 26.1 Å². The molecule has 4 rings (SSSR count). The Morgan fingerprint density at radius 2 is 1.91 bits per heavy atom. The molecule has 2 aromatic heterocycles. The van der Waals surface area contributed by atoms with E-state index in [1.807, 2.05) is 50.2 Å². The molecule has 1 N–H and O–H groups in total. The van der Waals surface area contributed by atoms with Crippen LogP contribution in [0.25, 0.3) is 27.7 Å². The van der Waals surface area contributed by atoms with Gasteiger partial charge in [-0.2, -0.15) is 0 Å². The maximum atomic E-state index is 12.6. The molecule has 2 aromatic carbocycles. The molecule has 0 bridgehead atoms. The Hall–Kier alpha value is -4.26. The van der Waals surface area contributed by atoms with E-state index in [4.69, 9.17) is 18.6 Å². The van der Waals surface area contributed by atoms with E-state index in [-0.39, 0.29) is 5.91 Å². The van der Waals surface area contributed by atoms with Gasteiger partial charge in [-0.25, -0.2) is 4.98 Å². The van der Waals surface area contributed by atoms with Crippen molar-refractivity contribution >= 4 is 28.3 Å². The molecule has 7 nitrogen and oxygen atoms in total. The molecule has 0 aliphatic heterocycles. The highest BCUT2D eigenvalue weighted by Crippen LogP contribution is 2.41. The van der Waals surface area contributed by atoms with Crippen LogP contribution in [-0.2, 0) is 4.79 Å². The van der Waals surface area contributed by atoms with E-state index in [9.17, 15) is 4.79 Å². The summed E-state index contributed by atoms with van der Waals surface area (Å²) in [6.45, 7) is 4.26. The van der Waals surface area contributed by atoms with E-state index in [1.54, 1.807) is 38.8 Å². The van der Waals surface area contributed by atoms with Gasteiger partial charge >= 0.3 is 0 Å². The van der Waals surface area contributed by atoms with Crippen molar-refractivity contribution in [2.24, 2.45) is 0 Å². The number of allylic oxidation sites excluding steroid dienone is 1. The van der Waals surface area contributed by atoms with Gasteiger partial charge in [0.05, 0.1) is 27.1 Å². The first-order valence-corrected chi connectivity index (χ1v) is 10.8. The molecule has 7 heteroatoms. The maximum absolute atomic E-state index is 12.6. The number of fused-ring (bicyclic) bond motifs is 1. The molecule has 0 spiro atoms. The fourth-order valence-electron chi connectivity index (χ4n) is 3.74. The Balaban J connectivity index is 1.79. The van der Waals surface area contributed by atoms with E-state index < -0.39 is 0 Å². The van der Waals surface area contributed by atoms with Gasteiger partial charge in [-0.3, -0.25) is 4.79 Å². The summed E-state index contributed by atoms with van der Waals surface area (Å²) in [5, 5.41) is 3.64. The quantitative estimate of drug-likeness (QED) is 0.328. The predicted molar refractivity (Wildman–Crippen MR) is 132 cm³/mol. The standard InChI is InChI=1S/C27H26N2O5/c1-5-33-24-15-25-21(22(16-34-25)20-13-18(31-3)9-10-23(20)32-4)14-19(24)17(2)12-27(30)29-26-8-6-7-11-28-26/h6-16H,5H2,1-4H3,(H,28,29,30)/b17-12+. The Morgan fingerprint density at radius 1 is 1.06 bits per heavy atom. The number of hydrogen-bond acceptors (Lipinski definition) is 6. The summed E-state index contributed by atoms with van der Waals surface area (Å²) in [6, 6.07) is 14.8. The Morgan fingerprint density at radius 3 is 2.62 bits per heavy atom. The third-order valence-electron chi connectivity index (χ3n) is 5.36. The lowest BCUT2D eigenvalue weighted by atomic mass is 9.98. The van der Waals surface area contributed by atoms with Crippen LogP contribution in [0.2, 0.25) is 0 Å². The number of aromatic nitrogens is 1. The van der Waals surface area contributed by atoms with E-state index in [0.29, 0.717) is 35.3 Å². The lowest BCUT2D eigenvalue weighted by molar-refractivity contribution is -0.111. The number of carbonyl (C=O) groups is 1. The molecule has 34 heavy (non-hydrogen) atoms. The normalized spacial score (nSPS) is 11.4. The Bertz CT molecular complexity index is 1340. The average molecular weight is 459 g/mol. The smallest absolute Gasteiger partial charge is 0.249 e. The zero-order valence-electron chi connectivity index (χ0n) is 19.5. The van der Waals surface area contributed by atoms with Crippen LogP contribution >= 0.6 is 0 Å². The highest BCUT2D eigenvalue weighted by molar-refractivity contribution is 6.05. The fraction of sp³-hybridized carbons (Fsp3) is 0.185. The zero-order valence-corrected chi connectivity index (χ0v) is 19.5. The van der Waals surface area contributed by atoms with Gasteiger partial charge in [-0.1, -0.05) is 6.07 Å². The topological polar surface area (TPSA) is 82.8 Å². The van der Waals surface area contributed by atoms with Crippen LogP contribution in [0, 0.1) is 0 Å². The van der Waals surface area contributed by atoms with Crippen LogP contribution < -0.4 is 19.5 Å². The number of amides is 1. The minimum absolute atomic E-state index is 0.277. The summed E-state index contributed by atoms with van der Waals surface area (Å²) in [5.41, 5.74) is 3.88. The first kappa shape index (κ1) is 22.9. The third kappa shape index (κ3) is 4.73. The Labute approximate surface area is 198 Å². The van der Waals surface area contributed by atoms with Gasteiger partial charge in [0.15, 0.2) is 0 Å². The highest BCUT2D eigenvalue weighted by atomic mass is 16.5. The number of ether oxygens (including phenoxy) is 3. The fourth-order valence-corrected chi connectivity index (χ4v) is 3.74. The van der Waals surface area contributed by atoms with Crippen molar-refractivity contribution in [3.63, 3.8) is 0 Å². The van der Waals surface area contributed by atoms with Crippen LogP contribution in [0.5, 0.6) is 17.2 Å². The molecule has 0 aliphatic carbocycles. The molecule has 0 fully saturated rings. The molecule has 4 aromatic rings. The van der Waals surface area contributed by atoms with Crippen LogP contribution in [0.1, 0.15) is 19.4 Å². The number of nitrogens with zero attached hydrogens (tertiary/aromatic N) is 1. The van der Waals surface area contributed by atoms with Gasteiger partial charge in [-0.15, -0.1) is 0 Å². The summed E-state index contributed by atoms with van der Waals surface area (Å²) in [6.07, 6.45) is 4.85. The second kappa shape index (κ2) is 10.1. The van der Waals surface area contributed by atoms with Gasteiger partial charge in [0, 0.05) is 40.4 Å². The molecular formula is C27H26N2O5.